The molecule has 34 heavy (non-hydrogen) atoms. The lowest BCUT2D eigenvalue weighted by Gasteiger charge is -2.36. The minimum absolute atomic E-state index is 0.0237. The zero-order chi connectivity index (χ0) is 24.6. The van der Waals surface area contributed by atoms with Crippen LogP contribution in [0, 0.1) is 5.82 Å². The molecule has 1 aliphatic heterocycles. The first-order valence-electron chi connectivity index (χ1n) is 11.3. The van der Waals surface area contributed by atoms with Gasteiger partial charge in [-0.1, -0.05) is 20.8 Å². The lowest BCUT2D eigenvalue weighted by molar-refractivity contribution is 0.0977. The van der Waals surface area contributed by atoms with Gasteiger partial charge in [0.15, 0.2) is 5.65 Å². The number of piperazine rings is 1. The minimum Gasteiger partial charge on any atom is -0.368 e. The molecule has 0 saturated carbocycles. The molecule has 0 aliphatic carbocycles. The molecule has 1 aliphatic rings. The van der Waals surface area contributed by atoms with Gasteiger partial charge in [0.2, 0.25) is 10.0 Å². The van der Waals surface area contributed by atoms with Crippen LogP contribution in [0.15, 0.2) is 30.3 Å². The van der Waals surface area contributed by atoms with E-state index in [2.05, 4.69) is 21.7 Å². The Labute approximate surface area is 198 Å². The summed E-state index contributed by atoms with van der Waals surface area (Å²) in [6, 6.07) is 7.51. The van der Waals surface area contributed by atoms with Crippen LogP contribution in [0.3, 0.4) is 0 Å². The number of hydrogen-bond donors (Lipinski definition) is 1. The standard InChI is InChI=1S/C23H29FN6O3S/c1-5-28-10-12-29(13-11-28)19-14-18(23(31)27-34(4,32)33)25-22-20(19)21(15(2)3)26-30(22)17-8-6-16(24)7-9-17/h6-9,14-15H,5,10-13H2,1-4H3,(H,27,31). The predicted octanol–water partition coefficient (Wildman–Crippen LogP) is 2.51. The van der Waals surface area contributed by atoms with E-state index in [4.69, 9.17) is 5.10 Å². The summed E-state index contributed by atoms with van der Waals surface area (Å²) in [4.78, 5) is 21.9. The number of hydrogen-bond acceptors (Lipinski definition) is 7. The highest BCUT2D eigenvalue weighted by molar-refractivity contribution is 7.89. The van der Waals surface area contributed by atoms with E-state index in [0.717, 1.165) is 55.7 Å². The molecule has 2 aromatic heterocycles. The number of benzene rings is 1. The summed E-state index contributed by atoms with van der Waals surface area (Å²) < 4.78 is 40.6. The van der Waals surface area contributed by atoms with Crippen molar-refractivity contribution in [3.8, 4) is 5.69 Å². The Bertz CT molecular complexity index is 1310. The van der Waals surface area contributed by atoms with E-state index in [1.165, 1.54) is 12.1 Å². The van der Waals surface area contributed by atoms with Crippen molar-refractivity contribution in [3.63, 3.8) is 0 Å². The van der Waals surface area contributed by atoms with Crippen molar-refractivity contribution in [1.29, 1.82) is 0 Å². The van der Waals surface area contributed by atoms with Gasteiger partial charge in [-0.3, -0.25) is 4.79 Å². The number of carbonyl (C=O) groups excluding carboxylic acids is 1. The largest absolute Gasteiger partial charge is 0.368 e. The van der Waals surface area contributed by atoms with Gasteiger partial charge in [0, 0.05) is 26.2 Å². The van der Waals surface area contributed by atoms with Gasteiger partial charge in [0.1, 0.15) is 11.5 Å². The number of halogens is 1. The van der Waals surface area contributed by atoms with Crippen molar-refractivity contribution in [2.75, 3.05) is 43.9 Å². The fourth-order valence-corrected chi connectivity index (χ4v) is 4.62. The monoisotopic (exact) mass is 488 g/mol. The third-order valence-corrected chi connectivity index (χ3v) is 6.49. The summed E-state index contributed by atoms with van der Waals surface area (Å²) in [5.74, 6) is -1.13. The van der Waals surface area contributed by atoms with Crippen molar-refractivity contribution >= 4 is 32.7 Å². The van der Waals surface area contributed by atoms with Gasteiger partial charge in [-0.25, -0.2) is 27.2 Å². The van der Waals surface area contributed by atoms with Gasteiger partial charge in [-0.2, -0.15) is 5.10 Å². The Morgan fingerprint density at radius 3 is 2.35 bits per heavy atom. The Hall–Kier alpha value is -3.05. The molecule has 0 spiro atoms. The van der Waals surface area contributed by atoms with E-state index in [1.807, 2.05) is 18.6 Å². The number of rotatable bonds is 6. The van der Waals surface area contributed by atoms with Gasteiger partial charge in [-0.05, 0) is 42.8 Å². The highest BCUT2D eigenvalue weighted by Crippen LogP contribution is 2.35. The first-order chi connectivity index (χ1) is 16.1. The van der Waals surface area contributed by atoms with Crippen molar-refractivity contribution in [1.82, 2.24) is 24.4 Å². The molecule has 0 radical (unpaired) electrons. The molecular weight excluding hydrogens is 459 g/mol. The highest BCUT2D eigenvalue weighted by Gasteiger charge is 2.27. The zero-order valence-electron chi connectivity index (χ0n) is 19.7. The third-order valence-electron chi connectivity index (χ3n) is 5.93. The van der Waals surface area contributed by atoms with Gasteiger partial charge < -0.3 is 9.80 Å². The van der Waals surface area contributed by atoms with Gasteiger partial charge in [-0.15, -0.1) is 0 Å². The van der Waals surface area contributed by atoms with Crippen LogP contribution in [0.2, 0.25) is 0 Å². The lowest BCUT2D eigenvalue weighted by atomic mass is 10.0. The summed E-state index contributed by atoms with van der Waals surface area (Å²) in [5, 5.41) is 5.60. The van der Waals surface area contributed by atoms with Crippen LogP contribution in [0.1, 0.15) is 42.9 Å². The molecule has 3 heterocycles. The molecule has 1 saturated heterocycles. The van der Waals surface area contributed by atoms with Gasteiger partial charge >= 0.3 is 0 Å². The summed E-state index contributed by atoms with van der Waals surface area (Å²) in [6.07, 6.45) is 0.925. The van der Waals surface area contributed by atoms with Crippen molar-refractivity contribution < 1.29 is 17.6 Å². The minimum atomic E-state index is -3.77. The number of carbonyl (C=O) groups is 1. The maximum Gasteiger partial charge on any atom is 0.283 e. The van der Waals surface area contributed by atoms with E-state index in [1.54, 1.807) is 22.9 Å². The summed E-state index contributed by atoms with van der Waals surface area (Å²) in [5.41, 5.74) is 2.58. The topological polar surface area (TPSA) is 100 Å². The third kappa shape index (κ3) is 4.90. The molecule has 4 rings (SSSR count). The van der Waals surface area contributed by atoms with Crippen LogP contribution in [-0.4, -0.2) is 73.0 Å². The number of amides is 1. The maximum absolute atomic E-state index is 13.6. The molecule has 1 fully saturated rings. The van der Waals surface area contributed by atoms with Gasteiger partial charge in [0.25, 0.3) is 5.91 Å². The normalized spacial score (nSPS) is 15.3. The SMILES string of the molecule is CCN1CCN(c2cc(C(=O)NS(C)(=O)=O)nc3c2c(C(C)C)nn3-c2ccc(F)cc2)CC1. The fraction of sp³-hybridized carbons (Fsp3) is 0.435. The summed E-state index contributed by atoms with van der Waals surface area (Å²) in [6.45, 7) is 10.4. The van der Waals surface area contributed by atoms with Crippen LogP contribution in [0.4, 0.5) is 10.1 Å². The number of nitrogens with one attached hydrogen (secondary N) is 1. The van der Waals surface area contributed by atoms with Crippen LogP contribution >= 0.6 is 0 Å². The molecule has 9 nitrogen and oxygen atoms in total. The Balaban J connectivity index is 1.95. The molecule has 0 bridgehead atoms. The Kier molecular flexibility index (Phi) is 6.59. The molecule has 0 atom stereocenters. The molecule has 11 heteroatoms. The molecule has 1 aromatic carbocycles. The fourth-order valence-electron chi connectivity index (χ4n) is 4.18. The second-order valence-corrected chi connectivity index (χ2v) is 10.5. The average Bonchev–Trinajstić information content (AvgIpc) is 3.18. The molecule has 1 amide bonds. The second-order valence-electron chi connectivity index (χ2n) is 8.78. The molecule has 3 aromatic rings. The van der Waals surface area contributed by atoms with Crippen molar-refractivity contribution in [3.05, 3.63) is 47.5 Å². The van der Waals surface area contributed by atoms with Crippen LogP contribution in [-0.2, 0) is 10.0 Å². The predicted molar refractivity (Wildman–Crippen MR) is 130 cm³/mol. The van der Waals surface area contributed by atoms with Gasteiger partial charge in [0.05, 0.1) is 28.7 Å². The van der Waals surface area contributed by atoms with Crippen molar-refractivity contribution in [2.45, 2.75) is 26.7 Å². The first-order valence-corrected chi connectivity index (χ1v) is 13.2. The summed E-state index contributed by atoms with van der Waals surface area (Å²) in [7, 11) is -3.77. The van der Waals surface area contributed by atoms with Crippen LogP contribution in [0.5, 0.6) is 0 Å². The maximum atomic E-state index is 13.6. The highest BCUT2D eigenvalue weighted by atomic mass is 32.2. The van der Waals surface area contributed by atoms with E-state index >= 15 is 0 Å². The number of pyridine rings is 1. The number of nitrogens with zero attached hydrogens (tertiary/aromatic N) is 5. The summed E-state index contributed by atoms with van der Waals surface area (Å²) >= 11 is 0. The quantitative estimate of drug-likeness (QED) is 0.569. The van der Waals surface area contributed by atoms with E-state index in [-0.39, 0.29) is 17.4 Å². The lowest BCUT2D eigenvalue weighted by Crippen LogP contribution is -2.46. The number of sulfonamides is 1. The molecule has 182 valence electrons. The molecular formula is C23H29FN6O3S. The van der Waals surface area contributed by atoms with E-state index < -0.39 is 15.9 Å². The van der Waals surface area contributed by atoms with Crippen LogP contribution < -0.4 is 9.62 Å². The zero-order valence-corrected chi connectivity index (χ0v) is 20.6. The van der Waals surface area contributed by atoms with Crippen molar-refractivity contribution in [2.24, 2.45) is 0 Å². The second kappa shape index (κ2) is 9.30. The smallest absolute Gasteiger partial charge is 0.283 e. The van der Waals surface area contributed by atoms with Crippen LogP contribution in [0.25, 0.3) is 16.7 Å². The number of anilines is 1. The average molecular weight is 489 g/mol. The molecule has 1 N–H and O–H groups in total. The number of fused-ring (bicyclic) bond motifs is 1. The van der Waals surface area contributed by atoms with E-state index in [9.17, 15) is 17.6 Å². The van der Waals surface area contributed by atoms with E-state index in [0.29, 0.717) is 11.3 Å². The first kappa shape index (κ1) is 24.1. The molecule has 0 unspecified atom stereocenters. The Morgan fingerprint density at radius 2 is 1.79 bits per heavy atom. The Morgan fingerprint density at radius 1 is 1.15 bits per heavy atom. The number of aromatic nitrogens is 3. The number of likely N-dealkylation sites (N-methyl/N-ethyl adjacent to an activating group) is 1.